The Balaban J connectivity index is 1.93. The summed E-state index contributed by atoms with van der Waals surface area (Å²) in [5, 5.41) is 19.5. The zero-order valence-electron chi connectivity index (χ0n) is 15.1. The molecule has 0 aromatic heterocycles. The Labute approximate surface area is 150 Å². The quantitative estimate of drug-likeness (QED) is 0.243. The molecule has 0 saturated heterocycles. The molecular weight excluding hydrogens is 318 g/mol. The molecule has 0 radical (unpaired) electrons. The number of hydrogen-bond acceptors (Lipinski definition) is 3. The fraction of sp³-hybridized carbons (Fsp3) is 0.650. The lowest BCUT2D eigenvalue weighted by atomic mass is 10.0. The zero-order valence-corrected chi connectivity index (χ0v) is 15.1. The van der Waals surface area contributed by atoms with E-state index < -0.39 is 5.97 Å². The van der Waals surface area contributed by atoms with E-state index in [1.54, 1.807) is 12.1 Å². The minimum Gasteiger partial charge on any atom is -0.481 e. The molecule has 0 aliphatic heterocycles. The second kappa shape index (κ2) is 13.4. The molecule has 0 amide bonds. The number of carboxylic acid groups (broad SMARTS) is 1. The van der Waals surface area contributed by atoms with Crippen LogP contribution in [0.1, 0.15) is 82.6 Å². The predicted octanol–water partition coefficient (Wildman–Crippen LogP) is 5.90. The van der Waals surface area contributed by atoms with Gasteiger partial charge in [0, 0.05) is 18.1 Å². The number of benzene rings is 1. The van der Waals surface area contributed by atoms with Crippen molar-refractivity contribution in [3.05, 3.63) is 39.9 Å². The van der Waals surface area contributed by atoms with Crippen LogP contribution in [0.3, 0.4) is 0 Å². The number of nitro groups is 1. The van der Waals surface area contributed by atoms with E-state index in [4.69, 9.17) is 5.11 Å². The summed E-state index contributed by atoms with van der Waals surface area (Å²) in [5.41, 5.74) is 1.08. The summed E-state index contributed by atoms with van der Waals surface area (Å²) in [7, 11) is 0. The van der Waals surface area contributed by atoms with E-state index >= 15 is 0 Å². The maximum atomic E-state index is 10.9. The molecule has 0 bridgehead atoms. The van der Waals surface area contributed by atoms with Gasteiger partial charge in [-0.2, -0.15) is 0 Å². The smallest absolute Gasteiger partial charge is 0.303 e. The Morgan fingerprint density at radius 3 is 1.84 bits per heavy atom. The summed E-state index contributed by atoms with van der Waals surface area (Å²) in [5.74, 6) is -0.693. The van der Waals surface area contributed by atoms with E-state index in [9.17, 15) is 14.9 Å². The Hall–Kier alpha value is -1.91. The summed E-state index contributed by atoms with van der Waals surface area (Å²) >= 11 is 0. The number of unbranched alkanes of at least 4 members (excludes halogenated alkanes) is 10. The van der Waals surface area contributed by atoms with Crippen LogP contribution in [0.4, 0.5) is 5.69 Å². The summed E-state index contributed by atoms with van der Waals surface area (Å²) in [4.78, 5) is 21.0. The second-order valence-electron chi connectivity index (χ2n) is 6.67. The van der Waals surface area contributed by atoms with Gasteiger partial charge in [0.05, 0.1) is 4.92 Å². The van der Waals surface area contributed by atoms with E-state index in [0.29, 0.717) is 6.42 Å². The Morgan fingerprint density at radius 2 is 1.32 bits per heavy atom. The minimum absolute atomic E-state index is 0.242. The highest BCUT2D eigenvalue weighted by Gasteiger charge is 2.11. The summed E-state index contributed by atoms with van der Waals surface area (Å²) < 4.78 is 0. The first-order valence-corrected chi connectivity index (χ1v) is 9.55. The van der Waals surface area contributed by atoms with E-state index in [1.165, 1.54) is 38.5 Å². The molecule has 0 spiro atoms. The molecule has 5 heteroatoms. The first kappa shape index (κ1) is 21.1. The van der Waals surface area contributed by atoms with Crippen molar-refractivity contribution < 1.29 is 14.8 Å². The fourth-order valence-corrected chi connectivity index (χ4v) is 3.08. The van der Waals surface area contributed by atoms with Crippen LogP contribution in [0.5, 0.6) is 0 Å². The van der Waals surface area contributed by atoms with Crippen molar-refractivity contribution in [3.8, 4) is 0 Å². The van der Waals surface area contributed by atoms with E-state index in [0.717, 1.165) is 44.1 Å². The molecular formula is C20H31NO4. The van der Waals surface area contributed by atoms with Crippen LogP contribution in [-0.4, -0.2) is 16.0 Å². The van der Waals surface area contributed by atoms with Crippen molar-refractivity contribution in [2.75, 3.05) is 0 Å². The highest BCUT2D eigenvalue weighted by Crippen LogP contribution is 2.20. The van der Waals surface area contributed by atoms with Crippen LogP contribution >= 0.6 is 0 Å². The lowest BCUT2D eigenvalue weighted by Crippen LogP contribution is -1.95. The molecule has 1 N–H and O–H groups in total. The molecule has 0 unspecified atom stereocenters. The fourth-order valence-electron chi connectivity index (χ4n) is 3.08. The maximum absolute atomic E-state index is 10.9. The van der Waals surface area contributed by atoms with Crippen molar-refractivity contribution in [1.29, 1.82) is 0 Å². The molecule has 0 aliphatic carbocycles. The Morgan fingerprint density at radius 1 is 0.840 bits per heavy atom. The van der Waals surface area contributed by atoms with Crippen LogP contribution in [0, 0.1) is 10.1 Å². The Kier molecular flexibility index (Phi) is 11.3. The molecule has 1 aromatic carbocycles. The predicted molar refractivity (Wildman–Crippen MR) is 99.8 cm³/mol. The minimum atomic E-state index is -0.693. The standard InChI is InChI=1S/C20H31NO4/c22-20(23)17-11-9-7-5-3-1-2-4-6-8-10-14-18-15-12-13-16-19(18)21(24)25/h12-13,15-16H,1-11,14,17H2,(H,22,23). The molecule has 0 saturated carbocycles. The highest BCUT2D eigenvalue weighted by molar-refractivity contribution is 5.66. The maximum Gasteiger partial charge on any atom is 0.303 e. The van der Waals surface area contributed by atoms with Crippen LogP contribution in [-0.2, 0) is 11.2 Å². The number of nitrogens with zero attached hydrogens (tertiary/aromatic N) is 1. The molecule has 140 valence electrons. The van der Waals surface area contributed by atoms with Crippen molar-refractivity contribution in [2.24, 2.45) is 0 Å². The molecule has 0 fully saturated rings. The second-order valence-corrected chi connectivity index (χ2v) is 6.67. The van der Waals surface area contributed by atoms with Gasteiger partial charge < -0.3 is 5.11 Å². The van der Waals surface area contributed by atoms with Gasteiger partial charge in [0.1, 0.15) is 0 Å². The number of para-hydroxylation sites is 1. The molecule has 0 atom stereocenters. The van der Waals surface area contributed by atoms with E-state index in [1.807, 2.05) is 12.1 Å². The lowest BCUT2D eigenvalue weighted by molar-refractivity contribution is -0.385. The Bertz CT molecular complexity index is 516. The zero-order chi connectivity index (χ0) is 18.3. The highest BCUT2D eigenvalue weighted by atomic mass is 16.6. The van der Waals surface area contributed by atoms with Gasteiger partial charge in [-0.05, 0) is 19.3 Å². The summed E-state index contributed by atoms with van der Waals surface area (Å²) in [6, 6.07) is 7.02. The number of rotatable bonds is 15. The van der Waals surface area contributed by atoms with Gasteiger partial charge in [0.2, 0.25) is 0 Å². The molecule has 25 heavy (non-hydrogen) atoms. The van der Waals surface area contributed by atoms with Crippen molar-refractivity contribution in [3.63, 3.8) is 0 Å². The van der Waals surface area contributed by atoms with Crippen molar-refractivity contribution >= 4 is 11.7 Å². The van der Waals surface area contributed by atoms with Crippen LogP contribution in [0.2, 0.25) is 0 Å². The van der Waals surface area contributed by atoms with Crippen LogP contribution in [0.15, 0.2) is 24.3 Å². The van der Waals surface area contributed by atoms with E-state index in [-0.39, 0.29) is 10.6 Å². The van der Waals surface area contributed by atoms with Crippen molar-refractivity contribution in [2.45, 2.75) is 83.5 Å². The molecule has 5 nitrogen and oxygen atoms in total. The first-order chi connectivity index (χ1) is 12.1. The molecule has 1 rings (SSSR count). The van der Waals surface area contributed by atoms with Gasteiger partial charge in [0.15, 0.2) is 0 Å². The summed E-state index contributed by atoms with van der Waals surface area (Å²) in [6.07, 6.45) is 13.6. The first-order valence-electron chi connectivity index (χ1n) is 9.55. The number of carboxylic acids is 1. The lowest BCUT2D eigenvalue weighted by Gasteiger charge is -2.04. The van der Waals surface area contributed by atoms with Gasteiger partial charge in [-0.1, -0.05) is 76.0 Å². The third-order valence-corrected chi connectivity index (χ3v) is 4.53. The molecule has 1 aromatic rings. The number of aliphatic carboxylic acids is 1. The monoisotopic (exact) mass is 349 g/mol. The van der Waals surface area contributed by atoms with Gasteiger partial charge in [-0.3, -0.25) is 14.9 Å². The number of carbonyl (C=O) groups is 1. The van der Waals surface area contributed by atoms with Gasteiger partial charge >= 0.3 is 5.97 Å². The van der Waals surface area contributed by atoms with E-state index in [2.05, 4.69) is 0 Å². The van der Waals surface area contributed by atoms with Crippen LogP contribution in [0.25, 0.3) is 0 Å². The largest absolute Gasteiger partial charge is 0.481 e. The molecule has 0 heterocycles. The normalized spacial score (nSPS) is 10.7. The topological polar surface area (TPSA) is 80.4 Å². The number of hydrogen-bond donors (Lipinski definition) is 1. The molecule has 0 aliphatic rings. The van der Waals surface area contributed by atoms with Gasteiger partial charge in [-0.25, -0.2) is 0 Å². The van der Waals surface area contributed by atoms with Crippen molar-refractivity contribution in [1.82, 2.24) is 0 Å². The van der Waals surface area contributed by atoms with Gasteiger partial charge in [-0.15, -0.1) is 0 Å². The number of nitro benzene ring substituents is 1. The average molecular weight is 349 g/mol. The number of aryl methyl sites for hydroxylation is 1. The average Bonchev–Trinajstić information content (AvgIpc) is 2.59. The van der Waals surface area contributed by atoms with Gasteiger partial charge in [0.25, 0.3) is 5.69 Å². The third-order valence-electron chi connectivity index (χ3n) is 4.53. The van der Waals surface area contributed by atoms with Crippen LogP contribution < -0.4 is 0 Å². The SMILES string of the molecule is O=C(O)CCCCCCCCCCCCCc1ccccc1[N+](=O)[O-]. The summed E-state index contributed by atoms with van der Waals surface area (Å²) in [6.45, 7) is 0. The third kappa shape index (κ3) is 10.5.